The van der Waals surface area contributed by atoms with Crippen molar-refractivity contribution in [2.75, 3.05) is 31.1 Å². The van der Waals surface area contributed by atoms with Crippen molar-refractivity contribution in [2.45, 2.75) is 26.8 Å². The molecule has 1 aliphatic rings. The molecule has 1 unspecified atom stereocenters. The Morgan fingerprint density at radius 2 is 2.20 bits per heavy atom. The molecule has 0 bridgehead atoms. The predicted molar refractivity (Wildman–Crippen MR) is 82.6 cm³/mol. The second-order valence-corrected chi connectivity index (χ2v) is 5.43. The van der Waals surface area contributed by atoms with Crippen LogP contribution in [0, 0.1) is 6.92 Å². The molecule has 1 atom stereocenters. The summed E-state index contributed by atoms with van der Waals surface area (Å²) in [5.41, 5.74) is 8.84. The van der Waals surface area contributed by atoms with Crippen molar-refractivity contribution < 1.29 is 5.21 Å². The summed E-state index contributed by atoms with van der Waals surface area (Å²) in [4.78, 5) is 4.80. The summed E-state index contributed by atoms with van der Waals surface area (Å²) in [6, 6.07) is 6.54. The number of amidine groups is 1. The third-order valence-corrected chi connectivity index (χ3v) is 4.05. The summed E-state index contributed by atoms with van der Waals surface area (Å²) < 4.78 is 0. The predicted octanol–water partition coefficient (Wildman–Crippen LogP) is 1.62. The number of piperazine rings is 1. The Balaban J connectivity index is 2.30. The molecule has 1 aliphatic heterocycles. The highest BCUT2D eigenvalue weighted by Crippen LogP contribution is 2.25. The van der Waals surface area contributed by atoms with Crippen LogP contribution >= 0.6 is 0 Å². The highest BCUT2D eigenvalue weighted by Gasteiger charge is 2.24. The summed E-state index contributed by atoms with van der Waals surface area (Å²) in [7, 11) is 0. The van der Waals surface area contributed by atoms with E-state index in [1.807, 2.05) is 12.1 Å². The van der Waals surface area contributed by atoms with Crippen molar-refractivity contribution in [1.29, 1.82) is 0 Å². The number of hydrogen-bond acceptors (Lipinski definition) is 4. The molecule has 5 nitrogen and oxygen atoms in total. The first-order valence-electron chi connectivity index (χ1n) is 7.14. The van der Waals surface area contributed by atoms with Gasteiger partial charge in [-0.25, -0.2) is 0 Å². The number of benzene rings is 1. The summed E-state index contributed by atoms with van der Waals surface area (Å²) in [6.45, 7) is 10.5. The van der Waals surface area contributed by atoms with Crippen LogP contribution < -0.4 is 10.6 Å². The van der Waals surface area contributed by atoms with Gasteiger partial charge in [0.15, 0.2) is 5.84 Å². The molecule has 1 aromatic rings. The van der Waals surface area contributed by atoms with Gasteiger partial charge in [-0.2, -0.15) is 0 Å². The molecule has 1 aromatic carbocycles. The minimum atomic E-state index is 0.172. The molecule has 3 N–H and O–H groups in total. The molecule has 0 saturated carbocycles. The smallest absolute Gasteiger partial charge is 0.172 e. The van der Waals surface area contributed by atoms with E-state index in [-0.39, 0.29) is 5.84 Å². The molecule has 1 fully saturated rings. The molecular formula is C15H24N4O. The number of nitrogens with two attached hydrogens (primary N) is 1. The Hall–Kier alpha value is -1.75. The maximum absolute atomic E-state index is 8.95. The molecule has 2 rings (SSSR count). The fraction of sp³-hybridized carbons (Fsp3) is 0.533. The van der Waals surface area contributed by atoms with Gasteiger partial charge in [-0.3, -0.25) is 4.90 Å². The Morgan fingerprint density at radius 3 is 2.80 bits per heavy atom. The monoisotopic (exact) mass is 276 g/mol. The van der Waals surface area contributed by atoms with Gasteiger partial charge in [0, 0.05) is 36.9 Å². The lowest BCUT2D eigenvalue weighted by atomic mass is 10.1. The minimum absolute atomic E-state index is 0.172. The third-order valence-electron chi connectivity index (χ3n) is 4.05. The first kappa shape index (κ1) is 14.7. The highest BCUT2D eigenvalue weighted by molar-refractivity contribution is 6.02. The summed E-state index contributed by atoms with van der Waals surface area (Å²) >= 11 is 0. The van der Waals surface area contributed by atoms with E-state index < -0.39 is 0 Å². The van der Waals surface area contributed by atoms with Crippen LogP contribution in [-0.4, -0.2) is 48.2 Å². The zero-order valence-corrected chi connectivity index (χ0v) is 12.5. The van der Waals surface area contributed by atoms with E-state index in [1.54, 1.807) is 0 Å². The number of oxime groups is 1. The molecule has 20 heavy (non-hydrogen) atoms. The fourth-order valence-corrected chi connectivity index (χ4v) is 2.86. The summed E-state index contributed by atoms with van der Waals surface area (Å²) in [5.74, 6) is 0.172. The maximum Gasteiger partial charge on any atom is 0.172 e. The van der Waals surface area contributed by atoms with E-state index in [9.17, 15) is 0 Å². The SMILES string of the molecule is CCN1CCN(c2cc(C)ccc2C(N)=NO)CC1C. The first-order chi connectivity index (χ1) is 9.56. The molecule has 0 radical (unpaired) electrons. The molecule has 5 heteroatoms. The number of anilines is 1. The van der Waals surface area contributed by atoms with Crippen LogP contribution in [0.15, 0.2) is 23.4 Å². The first-order valence-corrected chi connectivity index (χ1v) is 7.14. The number of rotatable bonds is 3. The van der Waals surface area contributed by atoms with Crippen molar-refractivity contribution in [2.24, 2.45) is 10.9 Å². The maximum atomic E-state index is 8.95. The highest BCUT2D eigenvalue weighted by atomic mass is 16.4. The van der Waals surface area contributed by atoms with E-state index in [2.05, 4.69) is 41.8 Å². The number of likely N-dealkylation sites (N-methyl/N-ethyl adjacent to an activating group) is 1. The van der Waals surface area contributed by atoms with Gasteiger partial charge in [-0.15, -0.1) is 0 Å². The molecular weight excluding hydrogens is 252 g/mol. The summed E-state index contributed by atoms with van der Waals surface area (Å²) in [5, 5.41) is 12.1. The largest absolute Gasteiger partial charge is 0.409 e. The fourth-order valence-electron chi connectivity index (χ4n) is 2.86. The lowest BCUT2D eigenvalue weighted by molar-refractivity contribution is 0.199. The molecule has 0 aromatic heterocycles. The topological polar surface area (TPSA) is 65.1 Å². The third kappa shape index (κ3) is 2.88. The van der Waals surface area contributed by atoms with Gasteiger partial charge >= 0.3 is 0 Å². The lowest BCUT2D eigenvalue weighted by Crippen LogP contribution is -2.52. The normalized spacial score (nSPS) is 21.2. The van der Waals surface area contributed by atoms with Crippen LogP contribution in [0.1, 0.15) is 25.0 Å². The second kappa shape index (κ2) is 6.13. The van der Waals surface area contributed by atoms with Crippen molar-refractivity contribution in [3.63, 3.8) is 0 Å². The molecule has 110 valence electrons. The van der Waals surface area contributed by atoms with Gasteiger partial charge in [0.2, 0.25) is 0 Å². The Kier molecular flexibility index (Phi) is 4.49. The molecule has 1 saturated heterocycles. The summed E-state index contributed by atoms with van der Waals surface area (Å²) in [6.07, 6.45) is 0. The molecule has 0 aliphatic carbocycles. The van der Waals surface area contributed by atoms with E-state index in [4.69, 9.17) is 10.9 Å². The standard InChI is InChI=1S/C15H24N4O/c1-4-18-7-8-19(10-12(18)3)14-9-11(2)5-6-13(14)15(16)17-20/h5-6,9,12,20H,4,7-8,10H2,1-3H3,(H2,16,17). The Labute approximate surface area is 120 Å². The molecule has 0 amide bonds. The Bertz CT molecular complexity index is 501. The van der Waals surface area contributed by atoms with Gasteiger partial charge in [0.1, 0.15) is 0 Å². The quantitative estimate of drug-likeness (QED) is 0.381. The van der Waals surface area contributed by atoms with Crippen LogP contribution in [0.2, 0.25) is 0 Å². The van der Waals surface area contributed by atoms with Gasteiger partial charge in [0.25, 0.3) is 0 Å². The zero-order chi connectivity index (χ0) is 14.7. The van der Waals surface area contributed by atoms with Gasteiger partial charge in [0.05, 0.1) is 0 Å². The zero-order valence-electron chi connectivity index (χ0n) is 12.5. The average molecular weight is 276 g/mol. The molecule has 0 spiro atoms. The van der Waals surface area contributed by atoms with Crippen molar-refractivity contribution in [3.05, 3.63) is 29.3 Å². The average Bonchev–Trinajstić information content (AvgIpc) is 2.46. The minimum Gasteiger partial charge on any atom is -0.409 e. The van der Waals surface area contributed by atoms with Crippen LogP contribution in [0.4, 0.5) is 5.69 Å². The van der Waals surface area contributed by atoms with Crippen molar-refractivity contribution >= 4 is 11.5 Å². The van der Waals surface area contributed by atoms with E-state index in [0.29, 0.717) is 6.04 Å². The number of nitrogens with zero attached hydrogens (tertiary/aromatic N) is 3. The van der Waals surface area contributed by atoms with E-state index in [0.717, 1.165) is 37.4 Å². The lowest BCUT2D eigenvalue weighted by Gasteiger charge is -2.41. The van der Waals surface area contributed by atoms with Gasteiger partial charge < -0.3 is 15.8 Å². The Morgan fingerprint density at radius 1 is 1.45 bits per heavy atom. The van der Waals surface area contributed by atoms with Gasteiger partial charge in [-0.1, -0.05) is 18.1 Å². The van der Waals surface area contributed by atoms with Crippen LogP contribution in [0.3, 0.4) is 0 Å². The van der Waals surface area contributed by atoms with E-state index in [1.165, 1.54) is 5.56 Å². The second-order valence-electron chi connectivity index (χ2n) is 5.43. The van der Waals surface area contributed by atoms with E-state index >= 15 is 0 Å². The van der Waals surface area contributed by atoms with Crippen LogP contribution in [-0.2, 0) is 0 Å². The van der Waals surface area contributed by atoms with Crippen molar-refractivity contribution in [3.8, 4) is 0 Å². The number of hydrogen-bond donors (Lipinski definition) is 2. The van der Waals surface area contributed by atoms with Crippen LogP contribution in [0.5, 0.6) is 0 Å². The number of aryl methyl sites for hydroxylation is 1. The molecule has 1 heterocycles. The van der Waals surface area contributed by atoms with Gasteiger partial charge in [-0.05, 0) is 38.1 Å². The van der Waals surface area contributed by atoms with Crippen LogP contribution in [0.25, 0.3) is 0 Å². The van der Waals surface area contributed by atoms with Crippen molar-refractivity contribution in [1.82, 2.24) is 4.90 Å².